The second kappa shape index (κ2) is 8.66. The van der Waals surface area contributed by atoms with Crippen molar-refractivity contribution in [3.63, 3.8) is 0 Å². The van der Waals surface area contributed by atoms with Crippen molar-refractivity contribution >= 4 is 5.91 Å². The summed E-state index contributed by atoms with van der Waals surface area (Å²) >= 11 is 0. The fourth-order valence-electron chi connectivity index (χ4n) is 1.64. The molecule has 0 heterocycles. The fourth-order valence-corrected chi connectivity index (χ4v) is 1.64. The lowest BCUT2D eigenvalue weighted by molar-refractivity contribution is -0.121. The van der Waals surface area contributed by atoms with E-state index < -0.39 is 0 Å². The zero-order valence-corrected chi connectivity index (χ0v) is 10.9. The predicted octanol–water partition coefficient (Wildman–Crippen LogP) is 1.62. The molecule has 4 nitrogen and oxygen atoms in total. The van der Waals surface area contributed by atoms with Crippen LogP contribution in [0.2, 0.25) is 0 Å². The largest absolute Gasteiger partial charge is 0.382 e. The van der Waals surface area contributed by atoms with Gasteiger partial charge in [0.15, 0.2) is 0 Å². The van der Waals surface area contributed by atoms with Gasteiger partial charge in [0.05, 0.1) is 0 Å². The molecule has 4 heteroatoms. The van der Waals surface area contributed by atoms with Crippen LogP contribution in [0.4, 0.5) is 0 Å². The molecule has 0 saturated heterocycles. The molecule has 1 rings (SSSR count). The second-order valence-corrected chi connectivity index (χ2v) is 4.12. The Hall–Kier alpha value is -1.39. The summed E-state index contributed by atoms with van der Waals surface area (Å²) in [5.41, 5.74) is 6.95. The van der Waals surface area contributed by atoms with Crippen LogP contribution in [0.15, 0.2) is 30.3 Å². The average molecular weight is 250 g/mol. The highest BCUT2D eigenvalue weighted by Crippen LogP contribution is 2.12. The first-order valence-corrected chi connectivity index (χ1v) is 6.39. The number of rotatable bonds is 8. The van der Waals surface area contributed by atoms with Crippen LogP contribution in [-0.4, -0.2) is 25.7 Å². The van der Waals surface area contributed by atoms with Gasteiger partial charge in [-0.1, -0.05) is 30.3 Å². The van der Waals surface area contributed by atoms with Gasteiger partial charge in [-0.3, -0.25) is 4.79 Å². The smallest absolute Gasteiger partial charge is 0.221 e. The molecule has 1 atom stereocenters. The lowest BCUT2D eigenvalue weighted by Gasteiger charge is -2.12. The standard InChI is InChI=1S/C14H22N2O2/c1-2-18-10-6-9-16-14(17)11-13(15)12-7-4-3-5-8-12/h3-5,7-8,13H,2,6,9-11,15H2,1H3,(H,16,17). The predicted molar refractivity (Wildman–Crippen MR) is 72.1 cm³/mol. The number of ether oxygens (including phenoxy) is 1. The van der Waals surface area contributed by atoms with Crippen molar-refractivity contribution in [2.24, 2.45) is 5.73 Å². The quantitative estimate of drug-likeness (QED) is 0.689. The molecule has 1 aromatic carbocycles. The molecule has 0 aliphatic rings. The molecule has 0 aliphatic heterocycles. The van der Waals surface area contributed by atoms with Crippen LogP contribution in [0, 0.1) is 0 Å². The molecule has 0 aliphatic carbocycles. The molecule has 3 N–H and O–H groups in total. The van der Waals surface area contributed by atoms with E-state index in [0.29, 0.717) is 26.2 Å². The maximum atomic E-state index is 11.6. The topological polar surface area (TPSA) is 64.3 Å². The highest BCUT2D eigenvalue weighted by atomic mass is 16.5. The zero-order chi connectivity index (χ0) is 13.2. The van der Waals surface area contributed by atoms with Crippen molar-refractivity contribution in [3.8, 4) is 0 Å². The van der Waals surface area contributed by atoms with E-state index in [0.717, 1.165) is 12.0 Å². The minimum absolute atomic E-state index is 0.0112. The third-order valence-corrected chi connectivity index (χ3v) is 2.62. The minimum atomic E-state index is -0.238. The number of carbonyl (C=O) groups excluding carboxylic acids is 1. The molecule has 0 spiro atoms. The van der Waals surface area contributed by atoms with Gasteiger partial charge in [0, 0.05) is 32.2 Å². The first-order valence-electron chi connectivity index (χ1n) is 6.39. The Morgan fingerprint density at radius 1 is 1.39 bits per heavy atom. The van der Waals surface area contributed by atoms with E-state index in [1.807, 2.05) is 37.3 Å². The molecule has 0 radical (unpaired) electrons. The molecule has 18 heavy (non-hydrogen) atoms. The fraction of sp³-hybridized carbons (Fsp3) is 0.500. The molecule has 0 aromatic heterocycles. The normalized spacial score (nSPS) is 12.1. The second-order valence-electron chi connectivity index (χ2n) is 4.12. The van der Waals surface area contributed by atoms with Crippen LogP contribution < -0.4 is 11.1 Å². The van der Waals surface area contributed by atoms with Gasteiger partial charge < -0.3 is 15.8 Å². The number of benzene rings is 1. The summed E-state index contributed by atoms with van der Waals surface area (Å²) in [6.45, 7) is 3.99. The average Bonchev–Trinajstić information content (AvgIpc) is 2.39. The molecule has 0 saturated carbocycles. The molecule has 100 valence electrons. The Bertz CT molecular complexity index is 341. The summed E-state index contributed by atoms with van der Waals surface area (Å²) in [6.07, 6.45) is 1.15. The Morgan fingerprint density at radius 2 is 2.11 bits per heavy atom. The van der Waals surface area contributed by atoms with Gasteiger partial charge in [-0.25, -0.2) is 0 Å². The molecular formula is C14H22N2O2. The number of amides is 1. The van der Waals surface area contributed by atoms with Crippen LogP contribution in [-0.2, 0) is 9.53 Å². The van der Waals surface area contributed by atoms with Gasteiger partial charge in [0.25, 0.3) is 0 Å². The van der Waals surface area contributed by atoms with Crippen molar-refractivity contribution in [2.75, 3.05) is 19.8 Å². The lowest BCUT2D eigenvalue weighted by atomic mass is 10.0. The van der Waals surface area contributed by atoms with Gasteiger partial charge in [-0.2, -0.15) is 0 Å². The van der Waals surface area contributed by atoms with Gasteiger partial charge in [0.1, 0.15) is 0 Å². The monoisotopic (exact) mass is 250 g/mol. The summed E-state index contributed by atoms with van der Waals surface area (Å²) < 4.78 is 5.19. The number of hydrogen-bond donors (Lipinski definition) is 2. The van der Waals surface area contributed by atoms with Crippen molar-refractivity contribution in [1.82, 2.24) is 5.32 Å². The maximum Gasteiger partial charge on any atom is 0.221 e. The molecule has 0 bridgehead atoms. The Morgan fingerprint density at radius 3 is 2.78 bits per heavy atom. The van der Waals surface area contributed by atoms with Crippen molar-refractivity contribution in [1.29, 1.82) is 0 Å². The molecule has 1 amide bonds. The third kappa shape index (κ3) is 5.80. The lowest BCUT2D eigenvalue weighted by Crippen LogP contribution is -2.28. The Labute approximate surface area is 109 Å². The van der Waals surface area contributed by atoms with E-state index in [1.165, 1.54) is 0 Å². The summed E-state index contributed by atoms with van der Waals surface area (Å²) in [4.78, 5) is 11.6. The van der Waals surface area contributed by atoms with Gasteiger partial charge in [-0.15, -0.1) is 0 Å². The number of nitrogens with one attached hydrogen (secondary N) is 1. The van der Waals surface area contributed by atoms with Crippen LogP contribution in [0.1, 0.15) is 31.4 Å². The van der Waals surface area contributed by atoms with Crippen molar-refractivity contribution < 1.29 is 9.53 Å². The first kappa shape index (κ1) is 14.7. The highest BCUT2D eigenvalue weighted by molar-refractivity contribution is 5.76. The van der Waals surface area contributed by atoms with Crippen LogP contribution >= 0.6 is 0 Å². The number of hydrogen-bond acceptors (Lipinski definition) is 3. The summed E-state index contributed by atoms with van der Waals surface area (Å²) in [5.74, 6) is -0.0112. The van der Waals surface area contributed by atoms with Crippen LogP contribution in [0.5, 0.6) is 0 Å². The SMILES string of the molecule is CCOCCCNC(=O)CC(N)c1ccccc1. The Kier molecular flexibility index (Phi) is 7.06. The third-order valence-electron chi connectivity index (χ3n) is 2.62. The molecular weight excluding hydrogens is 228 g/mol. The summed E-state index contributed by atoms with van der Waals surface area (Å²) in [7, 11) is 0. The minimum Gasteiger partial charge on any atom is -0.382 e. The van der Waals surface area contributed by atoms with Crippen molar-refractivity contribution in [3.05, 3.63) is 35.9 Å². The van der Waals surface area contributed by atoms with E-state index in [2.05, 4.69) is 5.32 Å². The number of carbonyl (C=O) groups is 1. The van der Waals surface area contributed by atoms with Gasteiger partial charge in [-0.05, 0) is 18.9 Å². The van der Waals surface area contributed by atoms with Crippen LogP contribution in [0.3, 0.4) is 0 Å². The molecule has 0 fully saturated rings. The van der Waals surface area contributed by atoms with E-state index in [4.69, 9.17) is 10.5 Å². The van der Waals surface area contributed by atoms with E-state index >= 15 is 0 Å². The highest BCUT2D eigenvalue weighted by Gasteiger charge is 2.10. The summed E-state index contributed by atoms with van der Waals surface area (Å²) in [5, 5.41) is 2.84. The van der Waals surface area contributed by atoms with Gasteiger partial charge in [0.2, 0.25) is 5.91 Å². The summed E-state index contributed by atoms with van der Waals surface area (Å²) in [6, 6.07) is 9.42. The van der Waals surface area contributed by atoms with Crippen LogP contribution in [0.25, 0.3) is 0 Å². The van der Waals surface area contributed by atoms with Crippen molar-refractivity contribution in [2.45, 2.75) is 25.8 Å². The van der Waals surface area contributed by atoms with Gasteiger partial charge >= 0.3 is 0 Å². The zero-order valence-electron chi connectivity index (χ0n) is 10.9. The first-order chi connectivity index (χ1) is 8.74. The van der Waals surface area contributed by atoms with E-state index in [1.54, 1.807) is 0 Å². The van der Waals surface area contributed by atoms with E-state index in [9.17, 15) is 4.79 Å². The number of nitrogens with two attached hydrogens (primary N) is 1. The Balaban J connectivity index is 2.20. The van der Waals surface area contributed by atoms with E-state index in [-0.39, 0.29) is 11.9 Å². The maximum absolute atomic E-state index is 11.6. The molecule has 1 unspecified atom stereocenters. The molecule has 1 aromatic rings.